The molecule has 9 heteroatoms. The summed E-state index contributed by atoms with van der Waals surface area (Å²) in [7, 11) is 0. The SMILES string of the molecule is O=C(O)CNC(=O)c1c(O)n(C2CCCCC2)c(=O)n(C2CCC2)c1=O. The highest BCUT2D eigenvalue weighted by Gasteiger charge is 2.32. The Bertz CT molecular complexity index is 830. The van der Waals surface area contributed by atoms with Crippen LogP contribution in [-0.4, -0.2) is 37.8 Å². The minimum Gasteiger partial charge on any atom is -0.494 e. The van der Waals surface area contributed by atoms with Gasteiger partial charge in [-0.25, -0.2) is 4.79 Å². The van der Waals surface area contributed by atoms with E-state index in [0.29, 0.717) is 25.7 Å². The van der Waals surface area contributed by atoms with E-state index in [1.54, 1.807) is 0 Å². The Labute approximate surface area is 149 Å². The molecule has 1 aromatic heterocycles. The van der Waals surface area contributed by atoms with Gasteiger partial charge in [0.05, 0.1) is 0 Å². The molecule has 3 rings (SSSR count). The van der Waals surface area contributed by atoms with E-state index in [1.165, 1.54) is 0 Å². The van der Waals surface area contributed by atoms with Crippen molar-refractivity contribution in [3.8, 4) is 5.88 Å². The van der Waals surface area contributed by atoms with Crippen molar-refractivity contribution < 1.29 is 19.8 Å². The number of nitrogens with one attached hydrogen (secondary N) is 1. The third-order valence-electron chi connectivity index (χ3n) is 5.30. The van der Waals surface area contributed by atoms with Gasteiger partial charge in [0.2, 0.25) is 5.88 Å². The monoisotopic (exact) mass is 365 g/mol. The smallest absolute Gasteiger partial charge is 0.334 e. The minimum atomic E-state index is -1.27. The highest BCUT2D eigenvalue weighted by molar-refractivity contribution is 5.97. The predicted octanol–water partition coefficient (Wildman–Crippen LogP) is 0.760. The molecule has 3 N–H and O–H groups in total. The number of amides is 1. The summed E-state index contributed by atoms with van der Waals surface area (Å²) in [6.45, 7) is -0.677. The number of aromatic nitrogens is 2. The molecule has 2 fully saturated rings. The maximum atomic E-state index is 12.9. The van der Waals surface area contributed by atoms with Crippen LogP contribution in [0.25, 0.3) is 0 Å². The maximum Gasteiger partial charge on any atom is 0.334 e. The zero-order chi connectivity index (χ0) is 18.8. The van der Waals surface area contributed by atoms with Crippen molar-refractivity contribution in [2.24, 2.45) is 0 Å². The lowest BCUT2D eigenvalue weighted by Gasteiger charge is -2.31. The number of carboxylic acids is 1. The summed E-state index contributed by atoms with van der Waals surface area (Å²) in [5, 5.41) is 21.4. The molecule has 2 aliphatic rings. The standard InChI is InChI=1S/C17H23N3O6/c21-12(22)9-18-14(23)13-15(24)19(10-5-2-1-3-6-10)17(26)20(16(13)25)11-7-4-8-11/h10-11,24H,1-9H2,(H,18,23)(H,21,22). The number of nitrogens with zero attached hydrogens (tertiary/aromatic N) is 2. The second kappa shape index (κ2) is 7.35. The first-order chi connectivity index (χ1) is 12.4. The number of carboxylic acid groups (broad SMARTS) is 1. The maximum absolute atomic E-state index is 12.9. The van der Waals surface area contributed by atoms with Gasteiger partial charge >= 0.3 is 11.7 Å². The Hall–Kier alpha value is -2.58. The molecular weight excluding hydrogens is 342 g/mol. The van der Waals surface area contributed by atoms with E-state index >= 15 is 0 Å². The summed E-state index contributed by atoms with van der Waals surface area (Å²) in [6.07, 6.45) is 6.45. The van der Waals surface area contributed by atoms with Crippen LogP contribution in [-0.2, 0) is 4.79 Å². The Kier molecular flexibility index (Phi) is 5.15. The van der Waals surface area contributed by atoms with E-state index in [2.05, 4.69) is 5.32 Å². The largest absolute Gasteiger partial charge is 0.494 e. The van der Waals surface area contributed by atoms with Crippen LogP contribution in [0.15, 0.2) is 9.59 Å². The minimum absolute atomic E-state index is 0.269. The van der Waals surface area contributed by atoms with Gasteiger partial charge in [0.15, 0.2) is 5.56 Å². The van der Waals surface area contributed by atoms with E-state index in [0.717, 1.165) is 34.8 Å². The van der Waals surface area contributed by atoms with Crippen molar-refractivity contribution in [2.75, 3.05) is 6.54 Å². The second-order valence-corrected chi connectivity index (χ2v) is 6.98. The van der Waals surface area contributed by atoms with Gasteiger partial charge in [-0.2, -0.15) is 0 Å². The average molecular weight is 365 g/mol. The van der Waals surface area contributed by atoms with Gasteiger partial charge in [0.25, 0.3) is 11.5 Å². The zero-order valence-electron chi connectivity index (χ0n) is 14.4. The van der Waals surface area contributed by atoms with Crippen molar-refractivity contribution in [1.29, 1.82) is 0 Å². The van der Waals surface area contributed by atoms with Crippen LogP contribution < -0.4 is 16.6 Å². The van der Waals surface area contributed by atoms with E-state index in [4.69, 9.17) is 5.11 Å². The van der Waals surface area contributed by atoms with Crippen LogP contribution in [0.4, 0.5) is 0 Å². The number of hydrogen-bond donors (Lipinski definition) is 3. The van der Waals surface area contributed by atoms with Gasteiger partial charge in [0, 0.05) is 12.1 Å². The summed E-state index contributed by atoms with van der Waals surface area (Å²) in [6, 6.07) is -0.550. The van der Waals surface area contributed by atoms with Crippen molar-refractivity contribution in [1.82, 2.24) is 14.5 Å². The first kappa shape index (κ1) is 18.2. The van der Waals surface area contributed by atoms with Crippen molar-refractivity contribution >= 4 is 11.9 Å². The molecule has 1 aromatic rings. The van der Waals surface area contributed by atoms with Gasteiger partial charge in [0.1, 0.15) is 6.54 Å². The molecule has 26 heavy (non-hydrogen) atoms. The molecule has 0 aromatic carbocycles. The number of aliphatic carboxylic acids is 1. The lowest BCUT2D eigenvalue weighted by atomic mass is 9.92. The van der Waals surface area contributed by atoms with Crippen LogP contribution in [0.1, 0.15) is 73.8 Å². The third-order valence-corrected chi connectivity index (χ3v) is 5.30. The summed E-state index contributed by atoms with van der Waals surface area (Å²) in [5.74, 6) is -2.91. The van der Waals surface area contributed by atoms with E-state index in [-0.39, 0.29) is 12.1 Å². The van der Waals surface area contributed by atoms with Crippen LogP contribution >= 0.6 is 0 Å². The van der Waals surface area contributed by atoms with Gasteiger partial charge in [-0.3, -0.25) is 23.5 Å². The Morgan fingerprint density at radius 3 is 2.08 bits per heavy atom. The summed E-state index contributed by atoms with van der Waals surface area (Å²) in [4.78, 5) is 48.7. The van der Waals surface area contributed by atoms with Crippen LogP contribution in [0.2, 0.25) is 0 Å². The lowest BCUT2D eigenvalue weighted by molar-refractivity contribution is -0.135. The fraction of sp³-hybridized carbons (Fsp3) is 0.647. The van der Waals surface area contributed by atoms with Gasteiger partial charge in [-0.15, -0.1) is 0 Å². The van der Waals surface area contributed by atoms with Crippen LogP contribution in [0.5, 0.6) is 5.88 Å². The van der Waals surface area contributed by atoms with E-state index in [9.17, 15) is 24.3 Å². The molecular formula is C17H23N3O6. The van der Waals surface area contributed by atoms with Gasteiger partial charge < -0.3 is 15.5 Å². The van der Waals surface area contributed by atoms with E-state index in [1.807, 2.05) is 0 Å². The molecule has 0 atom stereocenters. The third kappa shape index (κ3) is 3.25. The molecule has 0 unspecified atom stereocenters. The van der Waals surface area contributed by atoms with Crippen molar-refractivity contribution in [3.05, 3.63) is 26.4 Å². The fourth-order valence-electron chi connectivity index (χ4n) is 3.71. The molecule has 1 amide bonds. The summed E-state index contributed by atoms with van der Waals surface area (Å²) in [5.41, 5.74) is -1.99. The fourth-order valence-corrected chi connectivity index (χ4v) is 3.71. The number of hydrogen-bond acceptors (Lipinski definition) is 5. The Morgan fingerprint density at radius 2 is 1.54 bits per heavy atom. The first-order valence-corrected chi connectivity index (χ1v) is 9.01. The number of carbonyl (C=O) groups is 2. The van der Waals surface area contributed by atoms with Crippen LogP contribution in [0, 0.1) is 0 Å². The van der Waals surface area contributed by atoms with Crippen molar-refractivity contribution in [3.63, 3.8) is 0 Å². The number of aromatic hydroxyl groups is 1. The lowest BCUT2D eigenvalue weighted by Crippen LogP contribution is -2.48. The topological polar surface area (TPSA) is 131 Å². The molecule has 1 heterocycles. The molecule has 2 aliphatic carbocycles. The highest BCUT2D eigenvalue weighted by atomic mass is 16.4. The Morgan fingerprint density at radius 1 is 0.962 bits per heavy atom. The molecule has 142 valence electrons. The summed E-state index contributed by atoms with van der Waals surface area (Å²) < 4.78 is 2.22. The second-order valence-electron chi connectivity index (χ2n) is 6.98. The molecule has 2 saturated carbocycles. The molecule has 0 spiro atoms. The first-order valence-electron chi connectivity index (χ1n) is 9.01. The normalized spacial score (nSPS) is 18.3. The predicted molar refractivity (Wildman–Crippen MR) is 91.6 cm³/mol. The molecule has 9 nitrogen and oxygen atoms in total. The van der Waals surface area contributed by atoms with Crippen LogP contribution in [0.3, 0.4) is 0 Å². The molecule has 0 radical (unpaired) electrons. The number of carbonyl (C=O) groups excluding carboxylic acids is 1. The number of rotatable bonds is 5. The van der Waals surface area contributed by atoms with E-state index < -0.39 is 41.1 Å². The molecule has 0 bridgehead atoms. The van der Waals surface area contributed by atoms with Crippen molar-refractivity contribution in [2.45, 2.75) is 63.5 Å². The zero-order valence-corrected chi connectivity index (χ0v) is 14.4. The summed E-state index contributed by atoms with van der Waals surface area (Å²) >= 11 is 0. The average Bonchev–Trinajstić information content (AvgIpc) is 2.56. The van der Waals surface area contributed by atoms with Gasteiger partial charge in [-0.1, -0.05) is 19.3 Å². The van der Waals surface area contributed by atoms with Gasteiger partial charge in [-0.05, 0) is 32.1 Å². The molecule has 0 saturated heterocycles. The quantitative estimate of drug-likeness (QED) is 0.706. The molecule has 0 aliphatic heterocycles. The highest BCUT2D eigenvalue weighted by Crippen LogP contribution is 2.33. The Balaban J connectivity index is 2.13.